The molecule has 0 saturated heterocycles. The van der Waals surface area contributed by atoms with E-state index >= 15 is 0 Å². The number of rotatable bonds is 9. The Hall–Kier alpha value is -3.12. The zero-order valence-corrected chi connectivity index (χ0v) is 17.1. The highest BCUT2D eigenvalue weighted by Crippen LogP contribution is 2.26. The van der Waals surface area contributed by atoms with E-state index in [0.717, 1.165) is 11.1 Å². The number of hydrogen-bond donors (Lipinski definition) is 2. The minimum atomic E-state index is -0.305. The number of para-hydroxylation sites is 1. The largest absolute Gasteiger partial charge is 0.512 e. The van der Waals surface area contributed by atoms with Gasteiger partial charge in [0.1, 0.15) is 11.5 Å². The number of allylic oxidation sites excluding steroid dienone is 4. The van der Waals surface area contributed by atoms with Gasteiger partial charge in [0.2, 0.25) is 0 Å². The lowest BCUT2D eigenvalue weighted by atomic mass is 10.1. The van der Waals surface area contributed by atoms with Gasteiger partial charge in [0.25, 0.3) is 0 Å². The van der Waals surface area contributed by atoms with Crippen molar-refractivity contribution in [1.29, 1.82) is 0 Å². The molecule has 1 aromatic carbocycles. The molecule has 0 atom stereocenters. The maximum Gasteiger partial charge on any atom is 0.310 e. The number of nitrogens with zero attached hydrogens (tertiary/aromatic N) is 1. The first-order valence-corrected chi connectivity index (χ1v) is 9.65. The predicted molar refractivity (Wildman–Crippen MR) is 113 cm³/mol. The minimum absolute atomic E-state index is 0.126. The molecule has 3 N–H and O–H groups in total. The average molecular weight is 396 g/mol. The lowest BCUT2D eigenvalue weighted by Gasteiger charge is -2.14. The Bertz CT molecular complexity index is 899. The third-order valence-electron chi connectivity index (χ3n) is 4.23. The maximum absolute atomic E-state index is 11.9. The molecule has 0 fully saturated rings. The van der Waals surface area contributed by atoms with E-state index in [-0.39, 0.29) is 18.1 Å². The highest BCUT2D eigenvalue weighted by atomic mass is 16.5. The fourth-order valence-corrected chi connectivity index (χ4v) is 2.74. The Morgan fingerprint density at radius 2 is 2.00 bits per heavy atom. The smallest absolute Gasteiger partial charge is 0.310 e. The van der Waals surface area contributed by atoms with E-state index < -0.39 is 0 Å². The Kier molecular flexibility index (Phi) is 8.43. The van der Waals surface area contributed by atoms with Crippen LogP contribution < -0.4 is 10.5 Å². The number of pyridine rings is 1. The Balaban J connectivity index is 2.34. The van der Waals surface area contributed by atoms with Crippen LogP contribution in [0.3, 0.4) is 0 Å². The van der Waals surface area contributed by atoms with Crippen LogP contribution >= 0.6 is 0 Å². The Morgan fingerprint density at radius 3 is 2.66 bits per heavy atom. The van der Waals surface area contributed by atoms with Crippen LogP contribution in [-0.2, 0) is 22.5 Å². The van der Waals surface area contributed by atoms with Gasteiger partial charge < -0.3 is 20.3 Å². The summed E-state index contributed by atoms with van der Waals surface area (Å²) in [5.41, 5.74) is 8.54. The number of carbonyl (C=O) groups excluding carboxylic acids is 1. The molecule has 6 heteroatoms. The summed E-state index contributed by atoms with van der Waals surface area (Å²) in [4.78, 5) is 16.2. The van der Waals surface area contributed by atoms with Crippen molar-refractivity contribution in [2.75, 3.05) is 6.61 Å². The lowest BCUT2D eigenvalue weighted by molar-refractivity contribution is -0.142. The minimum Gasteiger partial charge on any atom is -0.512 e. The second kappa shape index (κ2) is 11.0. The van der Waals surface area contributed by atoms with Crippen LogP contribution in [0.5, 0.6) is 5.75 Å². The summed E-state index contributed by atoms with van der Waals surface area (Å²) in [6, 6.07) is 11.0. The number of aliphatic hydroxyl groups excluding tert-OH is 1. The molecule has 1 aromatic heterocycles. The molecule has 2 rings (SSSR count). The number of benzene rings is 1. The second-order valence-electron chi connectivity index (χ2n) is 6.41. The van der Waals surface area contributed by atoms with Crippen molar-refractivity contribution < 1.29 is 19.4 Å². The summed E-state index contributed by atoms with van der Waals surface area (Å²) in [5, 5.41) is 10.2. The van der Waals surface area contributed by atoms with Crippen molar-refractivity contribution in [2.24, 2.45) is 5.73 Å². The van der Waals surface area contributed by atoms with Crippen LogP contribution in [0.1, 0.15) is 44.0 Å². The summed E-state index contributed by atoms with van der Waals surface area (Å²) in [6.45, 7) is 6.05. The molecule has 0 amide bonds. The van der Waals surface area contributed by atoms with Gasteiger partial charge in [0, 0.05) is 30.3 Å². The number of ether oxygens (including phenoxy) is 2. The van der Waals surface area contributed by atoms with Crippen molar-refractivity contribution >= 4 is 11.5 Å². The molecule has 0 bridgehead atoms. The summed E-state index contributed by atoms with van der Waals surface area (Å²) in [6.07, 6.45) is 4.14. The predicted octanol–water partition coefficient (Wildman–Crippen LogP) is 4.31. The number of aromatic nitrogens is 1. The topological polar surface area (TPSA) is 94.7 Å². The molecular weight excluding hydrogens is 368 g/mol. The van der Waals surface area contributed by atoms with Gasteiger partial charge in [0.05, 0.1) is 24.5 Å². The Morgan fingerprint density at radius 1 is 1.24 bits per heavy atom. The zero-order chi connectivity index (χ0) is 21.2. The second-order valence-corrected chi connectivity index (χ2v) is 6.41. The molecule has 2 aromatic rings. The summed E-state index contributed by atoms with van der Waals surface area (Å²) in [7, 11) is 0. The molecule has 0 unspecified atom stereocenters. The molecule has 29 heavy (non-hydrogen) atoms. The van der Waals surface area contributed by atoms with Gasteiger partial charge in [-0.15, -0.1) is 0 Å². The molecule has 0 spiro atoms. The molecule has 0 aliphatic heterocycles. The lowest BCUT2D eigenvalue weighted by Crippen LogP contribution is -2.09. The van der Waals surface area contributed by atoms with E-state index in [2.05, 4.69) is 4.98 Å². The van der Waals surface area contributed by atoms with Crippen LogP contribution in [0.2, 0.25) is 0 Å². The van der Waals surface area contributed by atoms with E-state index in [0.29, 0.717) is 42.3 Å². The summed E-state index contributed by atoms with van der Waals surface area (Å²) < 4.78 is 11.1. The number of nitrogens with two attached hydrogens (primary N) is 1. The van der Waals surface area contributed by atoms with Gasteiger partial charge in [-0.05, 0) is 43.7 Å². The monoisotopic (exact) mass is 396 g/mol. The van der Waals surface area contributed by atoms with Crippen LogP contribution in [0.25, 0.3) is 5.57 Å². The van der Waals surface area contributed by atoms with Crippen molar-refractivity contribution in [3.63, 3.8) is 0 Å². The van der Waals surface area contributed by atoms with Crippen molar-refractivity contribution in [3.8, 4) is 5.75 Å². The fraction of sp³-hybridized carbons (Fsp3) is 0.304. The van der Waals surface area contributed by atoms with E-state index in [9.17, 15) is 9.90 Å². The normalized spacial score (nSPS) is 12.3. The Labute approximate surface area is 171 Å². The molecule has 0 aliphatic carbocycles. The van der Waals surface area contributed by atoms with Gasteiger partial charge in [-0.2, -0.15) is 0 Å². The van der Waals surface area contributed by atoms with Gasteiger partial charge in [-0.1, -0.05) is 25.1 Å². The van der Waals surface area contributed by atoms with Crippen molar-refractivity contribution in [2.45, 2.75) is 40.2 Å². The first-order valence-electron chi connectivity index (χ1n) is 9.65. The highest BCUT2D eigenvalue weighted by Gasteiger charge is 2.13. The molecule has 1 heterocycles. The number of aliphatic hydroxyl groups is 1. The van der Waals surface area contributed by atoms with E-state index in [4.69, 9.17) is 15.2 Å². The maximum atomic E-state index is 11.9. The molecule has 6 nitrogen and oxygen atoms in total. The quantitative estimate of drug-likeness (QED) is 0.373. The third-order valence-corrected chi connectivity index (χ3v) is 4.23. The molecule has 154 valence electrons. The van der Waals surface area contributed by atoms with Gasteiger partial charge >= 0.3 is 5.97 Å². The molecule has 0 saturated carbocycles. The van der Waals surface area contributed by atoms with E-state index in [1.807, 2.05) is 37.3 Å². The summed E-state index contributed by atoms with van der Waals surface area (Å²) in [5.74, 6) is 1.03. The first kappa shape index (κ1) is 22.2. The van der Waals surface area contributed by atoms with E-state index in [1.54, 1.807) is 32.2 Å². The van der Waals surface area contributed by atoms with Crippen molar-refractivity contribution in [3.05, 3.63) is 77.0 Å². The first-order chi connectivity index (χ1) is 14.0. The standard InChI is InChI=1S/C23H28N2O4/c1-4-19(14-20(16(3)26)21-12-17(15-24)10-11-25-21)29-22-9-7-6-8-18(22)13-23(27)28-5-2/h6-12,14,26H,4-5,13,15,24H2,1-3H3/b19-14+,20-16-. The average Bonchev–Trinajstić information content (AvgIpc) is 2.72. The molecule has 0 aliphatic rings. The fourth-order valence-electron chi connectivity index (χ4n) is 2.74. The van der Waals surface area contributed by atoms with Crippen molar-refractivity contribution in [1.82, 2.24) is 4.98 Å². The summed E-state index contributed by atoms with van der Waals surface area (Å²) >= 11 is 0. The molecule has 0 radical (unpaired) electrons. The SMILES string of the molecule is CCOC(=O)Cc1ccccc1O/C(=C/C(=C(\C)O)c1cc(CN)ccn1)CC. The van der Waals surface area contributed by atoms with Crippen LogP contribution in [-0.4, -0.2) is 22.7 Å². The van der Waals surface area contributed by atoms with E-state index in [1.165, 1.54) is 0 Å². The number of carbonyl (C=O) groups is 1. The van der Waals surface area contributed by atoms with Crippen LogP contribution in [0.15, 0.2) is 60.2 Å². The zero-order valence-electron chi connectivity index (χ0n) is 17.1. The molecular formula is C23H28N2O4. The number of esters is 1. The van der Waals surface area contributed by atoms with Gasteiger partial charge in [-0.25, -0.2) is 0 Å². The highest BCUT2D eigenvalue weighted by molar-refractivity contribution is 5.74. The van der Waals surface area contributed by atoms with Gasteiger partial charge in [-0.3, -0.25) is 9.78 Å². The van der Waals surface area contributed by atoms with Crippen LogP contribution in [0, 0.1) is 0 Å². The van der Waals surface area contributed by atoms with Gasteiger partial charge in [0.15, 0.2) is 0 Å². The third kappa shape index (κ3) is 6.47. The number of hydrogen-bond acceptors (Lipinski definition) is 6. The van der Waals surface area contributed by atoms with Crippen LogP contribution in [0.4, 0.5) is 0 Å².